The third kappa shape index (κ3) is 2.76. The number of aryl methyl sites for hydroxylation is 1. The highest BCUT2D eigenvalue weighted by molar-refractivity contribution is 5.99. The van der Waals surface area contributed by atoms with E-state index in [0.29, 0.717) is 23.7 Å². The Morgan fingerprint density at radius 2 is 2.29 bits per heavy atom. The van der Waals surface area contributed by atoms with Crippen LogP contribution in [0.2, 0.25) is 0 Å². The number of nitrogens with two attached hydrogens (primary N) is 1. The lowest BCUT2D eigenvalue weighted by atomic mass is 9.84. The van der Waals surface area contributed by atoms with Crippen molar-refractivity contribution in [2.45, 2.75) is 38.6 Å². The van der Waals surface area contributed by atoms with Crippen molar-refractivity contribution in [3.8, 4) is 0 Å². The molecule has 0 aromatic carbocycles. The molecule has 21 heavy (non-hydrogen) atoms. The molecule has 0 spiro atoms. The summed E-state index contributed by atoms with van der Waals surface area (Å²) in [6, 6.07) is 2.03. The van der Waals surface area contributed by atoms with E-state index in [1.807, 2.05) is 19.2 Å². The van der Waals surface area contributed by atoms with Crippen molar-refractivity contribution in [3.63, 3.8) is 0 Å². The predicted molar refractivity (Wildman–Crippen MR) is 80.0 cm³/mol. The fourth-order valence-electron chi connectivity index (χ4n) is 3.05. The highest BCUT2D eigenvalue weighted by atomic mass is 16.1. The zero-order valence-corrected chi connectivity index (χ0v) is 12.2. The minimum Gasteiger partial charge on any atom is -0.349 e. The Hall–Kier alpha value is -1.95. The van der Waals surface area contributed by atoms with Crippen LogP contribution >= 0.6 is 0 Å². The SMILES string of the molecule is Cc1ccn2ncc(C(=O)NC3CCCCC3CN)c2n1. The third-order valence-corrected chi connectivity index (χ3v) is 4.28. The van der Waals surface area contributed by atoms with Crippen LogP contribution in [0.3, 0.4) is 0 Å². The normalized spacial score (nSPS) is 22.4. The van der Waals surface area contributed by atoms with Gasteiger partial charge in [0.25, 0.3) is 5.91 Å². The van der Waals surface area contributed by atoms with E-state index in [9.17, 15) is 4.79 Å². The highest BCUT2D eigenvalue weighted by Crippen LogP contribution is 2.24. The first kappa shape index (κ1) is 14.0. The van der Waals surface area contributed by atoms with Gasteiger partial charge in [-0.15, -0.1) is 0 Å². The molecule has 6 nitrogen and oxygen atoms in total. The maximum atomic E-state index is 12.5. The number of hydrogen-bond donors (Lipinski definition) is 2. The number of carbonyl (C=O) groups excluding carboxylic acids is 1. The molecular formula is C15H21N5O. The van der Waals surface area contributed by atoms with Crippen LogP contribution in [0.15, 0.2) is 18.5 Å². The maximum absolute atomic E-state index is 12.5. The summed E-state index contributed by atoms with van der Waals surface area (Å²) in [7, 11) is 0. The van der Waals surface area contributed by atoms with Gasteiger partial charge in [-0.2, -0.15) is 5.10 Å². The summed E-state index contributed by atoms with van der Waals surface area (Å²) in [4.78, 5) is 16.9. The highest BCUT2D eigenvalue weighted by Gasteiger charge is 2.26. The molecule has 2 heterocycles. The monoisotopic (exact) mass is 287 g/mol. The second-order valence-electron chi connectivity index (χ2n) is 5.76. The lowest BCUT2D eigenvalue weighted by Crippen LogP contribution is -2.44. The Balaban J connectivity index is 1.82. The van der Waals surface area contributed by atoms with Gasteiger partial charge >= 0.3 is 0 Å². The molecule has 1 aliphatic carbocycles. The smallest absolute Gasteiger partial charge is 0.256 e. The van der Waals surface area contributed by atoms with Gasteiger partial charge in [-0.05, 0) is 38.3 Å². The fourth-order valence-corrected chi connectivity index (χ4v) is 3.05. The van der Waals surface area contributed by atoms with Gasteiger partial charge in [0.2, 0.25) is 0 Å². The first-order valence-electron chi connectivity index (χ1n) is 7.51. The molecule has 2 unspecified atom stereocenters. The summed E-state index contributed by atoms with van der Waals surface area (Å²) in [6.45, 7) is 2.53. The number of carbonyl (C=O) groups is 1. The molecule has 112 valence electrons. The number of amides is 1. The van der Waals surface area contributed by atoms with Gasteiger partial charge in [-0.3, -0.25) is 4.79 Å². The van der Waals surface area contributed by atoms with E-state index in [1.54, 1.807) is 10.7 Å². The van der Waals surface area contributed by atoms with Crippen LogP contribution in [-0.4, -0.2) is 33.1 Å². The third-order valence-electron chi connectivity index (χ3n) is 4.28. The van der Waals surface area contributed by atoms with Crippen LogP contribution < -0.4 is 11.1 Å². The van der Waals surface area contributed by atoms with Gasteiger partial charge in [0.15, 0.2) is 5.65 Å². The van der Waals surface area contributed by atoms with Crippen molar-refractivity contribution >= 4 is 11.6 Å². The van der Waals surface area contributed by atoms with Gasteiger partial charge in [-0.25, -0.2) is 9.50 Å². The van der Waals surface area contributed by atoms with Crippen LogP contribution in [0.5, 0.6) is 0 Å². The van der Waals surface area contributed by atoms with Crippen LogP contribution in [0.25, 0.3) is 5.65 Å². The van der Waals surface area contributed by atoms with Gasteiger partial charge in [0.1, 0.15) is 5.56 Å². The molecule has 1 aliphatic rings. The Morgan fingerprint density at radius 3 is 3.10 bits per heavy atom. The standard InChI is InChI=1S/C15H21N5O/c1-10-6-7-20-14(18-10)12(9-17-20)15(21)19-13-5-3-2-4-11(13)8-16/h6-7,9,11,13H,2-5,8,16H2,1H3,(H,19,21). The summed E-state index contributed by atoms with van der Waals surface area (Å²) in [5, 5.41) is 7.30. The Bertz CT molecular complexity index is 651. The molecule has 3 rings (SSSR count). The number of nitrogens with zero attached hydrogens (tertiary/aromatic N) is 3. The Kier molecular flexibility index (Phi) is 3.88. The second kappa shape index (κ2) is 5.81. The minimum atomic E-state index is -0.103. The largest absolute Gasteiger partial charge is 0.349 e. The zero-order chi connectivity index (χ0) is 14.8. The van der Waals surface area contributed by atoms with E-state index in [4.69, 9.17) is 5.73 Å². The Labute approximate surface area is 123 Å². The minimum absolute atomic E-state index is 0.103. The second-order valence-corrected chi connectivity index (χ2v) is 5.76. The molecule has 2 atom stereocenters. The summed E-state index contributed by atoms with van der Waals surface area (Å²) < 4.78 is 1.63. The lowest BCUT2D eigenvalue weighted by Gasteiger charge is -2.31. The predicted octanol–water partition coefficient (Wildman–Crippen LogP) is 1.29. The topological polar surface area (TPSA) is 85.3 Å². The molecule has 6 heteroatoms. The molecule has 1 saturated carbocycles. The van der Waals surface area contributed by atoms with E-state index in [-0.39, 0.29) is 11.9 Å². The van der Waals surface area contributed by atoms with Gasteiger partial charge in [-0.1, -0.05) is 12.8 Å². The molecule has 2 aromatic rings. The molecule has 1 fully saturated rings. The van der Waals surface area contributed by atoms with E-state index < -0.39 is 0 Å². The molecular weight excluding hydrogens is 266 g/mol. The molecule has 1 amide bonds. The first-order chi connectivity index (χ1) is 10.2. The first-order valence-corrected chi connectivity index (χ1v) is 7.51. The molecule has 0 aliphatic heterocycles. The van der Waals surface area contributed by atoms with Gasteiger partial charge < -0.3 is 11.1 Å². The molecule has 0 radical (unpaired) electrons. The summed E-state index contributed by atoms with van der Waals surface area (Å²) >= 11 is 0. The van der Waals surface area contributed by atoms with Crippen molar-refractivity contribution in [2.75, 3.05) is 6.54 Å². The average Bonchev–Trinajstić information content (AvgIpc) is 2.90. The average molecular weight is 287 g/mol. The molecule has 0 saturated heterocycles. The van der Waals surface area contributed by atoms with Crippen molar-refractivity contribution in [3.05, 3.63) is 29.7 Å². The summed E-state index contributed by atoms with van der Waals surface area (Å²) in [5.41, 5.74) is 7.82. The van der Waals surface area contributed by atoms with Gasteiger partial charge in [0, 0.05) is 17.9 Å². The van der Waals surface area contributed by atoms with Crippen LogP contribution in [0, 0.1) is 12.8 Å². The lowest BCUT2D eigenvalue weighted by molar-refractivity contribution is 0.0909. The van der Waals surface area contributed by atoms with E-state index in [0.717, 1.165) is 25.0 Å². The van der Waals surface area contributed by atoms with Crippen molar-refractivity contribution < 1.29 is 4.79 Å². The fraction of sp³-hybridized carbons (Fsp3) is 0.533. The number of nitrogens with one attached hydrogen (secondary N) is 1. The van der Waals surface area contributed by atoms with Crippen LogP contribution in [0.1, 0.15) is 41.7 Å². The molecule has 2 aromatic heterocycles. The Morgan fingerprint density at radius 1 is 1.48 bits per heavy atom. The van der Waals surface area contributed by atoms with E-state index in [1.165, 1.54) is 6.42 Å². The summed E-state index contributed by atoms with van der Waals surface area (Å²) in [5.74, 6) is 0.271. The number of rotatable bonds is 3. The van der Waals surface area contributed by atoms with Crippen molar-refractivity contribution in [1.29, 1.82) is 0 Å². The van der Waals surface area contributed by atoms with Crippen molar-refractivity contribution in [1.82, 2.24) is 19.9 Å². The van der Waals surface area contributed by atoms with Crippen LogP contribution in [-0.2, 0) is 0 Å². The van der Waals surface area contributed by atoms with Crippen LogP contribution in [0.4, 0.5) is 0 Å². The van der Waals surface area contributed by atoms with Gasteiger partial charge in [0.05, 0.1) is 6.20 Å². The quantitative estimate of drug-likeness (QED) is 0.890. The maximum Gasteiger partial charge on any atom is 0.256 e. The van der Waals surface area contributed by atoms with Crippen molar-refractivity contribution in [2.24, 2.45) is 11.7 Å². The van der Waals surface area contributed by atoms with E-state index >= 15 is 0 Å². The number of aromatic nitrogens is 3. The zero-order valence-electron chi connectivity index (χ0n) is 12.2. The number of hydrogen-bond acceptors (Lipinski definition) is 4. The van der Waals surface area contributed by atoms with E-state index in [2.05, 4.69) is 15.4 Å². The summed E-state index contributed by atoms with van der Waals surface area (Å²) in [6.07, 6.45) is 7.83. The molecule has 0 bridgehead atoms. The molecule has 3 N–H and O–H groups in total. The number of fused-ring (bicyclic) bond motifs is 1.